The molecule has 7 nitrogen and oxygen atoms in total. The molecule has 0 saturated carbocycles. The van der Waals surface area contributed by atoms with Crippen molar-refractivity contribution in [1.82, 2.24) is 4.90 Å². The minimum Gasteiger partial charge on any atom is -0.466 e. The van der Waals surface area contributed by atoms with E-state index in [4.69, 9.17) is 9.47 Å². The van der Waals surface area contributed by atoms with E-state index in [-0.39, 0.29) is 18.5 Å². The van der Waals surface area contributed by atoms with Gasteiger partial charge >= 0.3 is 11.9 Å². The summed E-state index contributed by atoms with van der Waals surface area (Å²) in [4.78, 5) is 27.5. The van der Waals surface area contributed by atoms with Crippen molar-refractivity contribution < 1.29 is 29.3 Å². The molecule has 352 valence electrons. The molecule has 0 aliphatic rings. The number of hydrogen-bond acceptors (Lipinski definition) is 7. The fraction of sp³-hybridized carbons (Fsp3) is 0.962. The lowest BCUT2D eigenvalue weighted by Gasteiger charge is -2.27. The van der Waals surface area contributed by atoms with Gasteiger partial charge < -0.3 is 24.6 Å². The summed E-state index contributed by atoms with van der Waals surface area (Å²) in [7, 11) is 0. The average molecular weight is 838 g/mol. The van der Waals surface area contributed by atoms with E-state index >= 15 is 0 Å². The van der Waals surface area contributed by atoms with Crippen LogP contribution in [-0.4, -0.2) is 72.6 Å². The minimum absolute atomic E-state index is 0.0378. The van der Waals surface area contributed by atoms with Crippen LogP contribution >= 0.6 is 0 Å². The molecule has 0 saturated heterocycles. The largest absolute Gasteiger partial charge is 0.466 e. The van der Waals surface area contributed by atoms with Crippen LogP contribution in [-0.2, 0) is 19.1 Å². The van der Waals surface area contributed by atoms with E-state index in [1.165, 1.54) is 135 Å². The van der Waals surface area contributed by atoms with E-state index in [0.717, 1.165) is 89.6 Å². The Morgan fingerprint density at radius 3 is 1.44 bits per heavy atom. The van der Waals surface area contributed by atoms with Gasteiger partial charge in [-0.3, -0.25) is 9.59 Å². The Kier molecular flexibility index (Phi) is 44.0. The number of hydrogen-bond donors (Lipinski definition) is 2. The zero-order chi connectivity index (χ0) is 43.4. The van der Waals surface area contributed by atoms with Gasteiger partial charge in [-0.05, 0) is 88.6 Å². The Morgan fingerprint density at radius 2 is 0.847 bits per heavy atom. The van der Waals surface area contributed by atoms with Gasteiger partial charge in [-0.2, -0.15) is 0 Å². The first kappa shape index (κ1) is 57.8. The van der Waals surface area contributed by atoms with Gasteiger partial charge in [0.05, 0.1) is 19.3 Å². The molecule has 0 fully saturated rings. The van der Waals surface area contributed by atoms with Crippen LogP contribution in [0.2, 0.25) is 0 Å². The van der Waals surface area contributed by atoms with Gasteiger partial charge in [0.1, 0.15) is 0 Å². The van der Waals surface area contributed by atoms with Crippen molar-refractivity contribution in [2.24, 2.45) is 17.8 Å². The predicted molar refractivity (Wildman–Crippen MR) is 252 cm³/mol. The molecule has 0 heterocycles. The molecule has 4 unspecified atom stereocenters. The Morgan fingerprint density at radius 1 is 0.441 bits per heavy atom. The maximum Gasteiger partial charge on any atom is 0.305 e. The highest BCUT2D eigenvalue weighted by Crippen LogP contribution is 2.31. The van der Waals surface area contributed by atoms with Crippen molar-refractivity contribution >= 4 is 11.9 Å². The van der Waals surface area contributed by atoms with Gasteiger partial charge in [0.2, 0.25) is 0 Å². The molecule has 0 spiro atoms. The zero-order valence-corrected chi connectivity index (χ0v) is 40.3. The topological polar surface area (TPSA) is 96.3 Å². The molecule has 59 heavy (non-hydrogen) atoms. The van der Waals surface area contributed by atoms with Crippen LogP contribution in [0.5, 0.6) is 0 Å². The molecular formula is C52H103NO6. The number of nitrogens with zero attached hydrogens (tertiary/aromatic N) is 1. The molecule has 4 atom stereocenters. The van der Waals surface area contributed by atoms with E-state index in [1.807, 2.05) is 0 Å². The van der Waals surface area contributed by atoms with E-state index in [1.54, 1.807) is 0 Å². The summed E-state index contributed by atoms with van der Waals surface area (Å²) in [5.74, 6) is 1.98. The Labute approximate surface area is 367 Å². The Bertz CT molecular complexity index is 885. The van der Waals surface area contributed by atoms with Crippen LogP contribution in [0.15, 0.2) is 0 Å². The monoisotopic (exact) mass is 838 g/mol. The van der Waals surface area contributed by atoms with Crippen LogP contribution in [0.4, 0.5) is 0 Å². The minimum atomic E-state index is -0.413. The summed E-state index contributed by atoms with van der Waals surface area (Å²) in [5.41, 5.74) is 0. The zero-order valence-electron chi connectivity index (χ0n) is 40.3. The van der Waals surface area contributed by atoms with Crippen LogP contribution in [0, 0.1) is 17.8 Å². The quantitative estimate of drug-likeness (QED) is 0.0465. The number of ether oxygens (including phenoxy) is 2. The van der Waals surface area contributed by atoms with Gasteiger partial charge in [0.15, 0.2) is 0 Å². The van der Waals surface area contributed by atoms with Gasteiger partial charge in [0, 0.05) is 26.0 Å². The molecule has 0 aromatic heterocycles. The fourth-order valence-corrected chi connectivity index (χ4v) is 8.87. The lowest BCUT2D eigenvalue weighted by molar-refractivity contribution is -0.145. The molecule has 0 aromatic rings. The molecule has 0 aliphatic heterocycles. The second kappa shape index (κ2) is 44.9. The molecule has 0 rings (SSSR count). The first-order valence-corrected chi connectivity index (χ1v) is 26.2. The van der Waals surface area contributed by atoms with Crippen LogP contribution in [0.3, 0.4) is 0 Å². The van der Waals surface area contributed by atoms with Crippen molar-refractivity contribution in [3.8, 4) is 0 Å². The summed E-state index contributed by atoms with van der Waals surface area (Å²) in [6.07, 6.45) is 38.8. The number of carbonyl (C=O) groups excluding carboxylic acids is 2. The third-order valence-electron chi connectivity index (χ3n) is 12.8. The second-order valence-corrected chi connectivity index (χ2v) is 18.4. The van der Waals surface area contributed by atoms with Crippen molar-refractivity contribution in [3.05, 3.63) is 0 Å². The number of aliphatic hydroxyl groups excluding tert-OH is 2. The summed E-state index contributed by atoms with van der Waals surface area (Å²) >= 11 is 0. The third-order valence-corrected chi connectivity index (χ3v) is 12.8. The normalized spacial score (nSPS) is 13.8. The smallest absolute Gasteiger partial charge is 0.305 e. The predicted octanol–water partition coefficient (Wildman–Crippen LogP) is 14.3. The number of unbranched alkanes of at least 4 members (excludes halogenated alkanes) is 17. The molecule has 0 bridgehead atoms. The summed E-state index contributed by atoms with van der Waals surface area (Å²) < 4.78 is 11.5. The van der Waals surface area contributed by atoms with Crippen molar-refractivity contribution in [1.29, 1.82) is 0 Å². The van der Waals surface area contributed by atoms with Crippen molar-refractivity contribution in [3.63, 3.8) is 0 Å². The van der Waals surface area contributed by atoms with E-state index in [2.05, 4.69) is 39.5 Å². The van der Waals surface area contributed by atoms with Gasteiger partial charge in [-0.1, -0.05) is 189 Å². The average Bonchev–Trinajstić information content (AvgIpc) is 3.23. The highest BCUT2D eigenvalue weighted by Gasteiger charge is 2.21. The fourth-order valence-electron chi connectivity index (χ4n) is 8.87. The van der Waals surface area contributed by atoms with Crippen molar-refractivity contribution in [2.75, 3.05) is 39.5 Å². The van der Waals surface area contributed by atoms with Crippen LogP contribution < -0.4 is 0 Å². The van der Waals surface area contributed by atoms with E-state index in [9.17, 15) is 19.8 Å². The number of aliphatic hydroxyl groups is 2. The summed E-state index contributed by atoms with van der Waals surface area (Å²) in [5, 5.41) is 20.2. The Hall–Kier alpha value is -1.18. The molecule has 0 aromatic carbocycles. The highest BCUT2D eigenvalue weighted by molar-refractivity contribution is 5.69. The van der Waals surface area contributed by atoms with Gasteiger partial charge in [-0.15, -0.1) is 0 Å². The summed E-state index contributed by atoms with van der Waals surface area (Å²) in [6.45, 7) is 15.2. The lowest BCUT2D eigenvalue weighted by atomic mass is 9.79. The standard InChI is InChI=1S/C52H103NO6/c1-6-11-16-18-23-32-47(31-22-13-8-3)39-44-58-52(57)38-27-26-36-50(55)46-53(42-29-21-30-43-54)41-28-20-19-25-37-51(56)59-45-40-49(34-15-10-5)48(33-14-9-4)35-24-17-12-7-2/h47-50,54-55H,6-46H2,1-5H3. The van der Waals surface area contributed by atoms with Gasteiger partial charge in [-0.25, -0.2) is 0 Å². The number of carbonyl (C=O) groups is 2. The van der Waals surface area contributed by atoms with Crippen molar-refractivity contribution in [2.45, 2.75) is 265 Å². The SMILES string of the molecule is CCCCCCCC(CCCCC)CCOC(=O)CCCCC(O)CN(CCCCCO)CCCCCCC(=O)OCCC(CCCC)C(CCCC)CCCCCC. The highest BCUT2D eigenvalue weighted by atomic mass is 16.5. The molecule has 0 amide bonds. The van der Waals surface area contributed by atoms with Crippen LogP contribution in [0.1, 0.15) is 259 Å². The maximum absolute atomic E-state index is 12.7. The van der Waals surface area contributed by atoms with Gasteiger partial charge in [0.25, 0.3) is 0 Å². The molecule has 2 N–H and O–H groups in total. The Balaban J connectivity index is 4.51. The van der Waals surface area contributed by atoms with E-state index in [0.29, 0.717) is 50.9 Å². The maximum atomic E-state index is 12.7. The third kappa shape index (κ3) is 38.2. The van der Waals surface area contributed by atoms with Crippen LogP contribution in [0.25, 0.3) is 0 Å². The lowest BCUT2D eigenvalue weighted by Crippen LogP contribution is -2.34. The molecule has 7 heteroatoms. The number of esters is 2. The van der Waals surface area contributed by atoms with E-state index < -0.39 is 6.10 Å². The molecular weight excluding hydrogens is 735 g/mol. The number of rotatable bonds is 47. The molecule has 0 aliphatic carbocycles. The second-order valence-electron chi connectivity index (χ2n) is 18.4. The first-order valence-electron chi connectivity index (χ1n) is 26.2. The molecule has 0 radical (unpaired) electrons. The first-order chi connectivity index (χ1) is 28.8. The summed E-state index contributed by atoms with van der Waals surface area (Å²) in [6, 6.07) is 0.